The maximum atomic E-state index is 15.1. The topological polar surface area (TPSA) is 99.6 Å². The highest BCUT2D eigenvalue weighted by Gasteiger charge is 2.77. The number of anilines is 2. The second-order valence-corrected chi connectivity index (χ2v) is 14.9. The zero-order valence-electron chi connectivity index (χ0n) is 28.7. The second-order valence-electron chi connectivity index (χ2n) is 13.4. The van der Waals surface area contributed by atoms with Crippen molar-refractivity contribution in [1.82, 2.24) is 4.90 Å². The van der Waals surface area contributed by atoms with E-state index in [0.29, 0.717) is 42.3 Å². The van der Waals surface area contributed by atoms with E-state index in [-0.39, 0.29) is 54.5 Å². The van der Waals surface area contributed by atoms with Crippen molar-refractivity contribution in [2.45, 2.75) is 62.6 Å². The average molecular weight is 676 g/mol. The van der Waals surface area contributed by atoms with Crippen LogP contribution >= 0.6 is 11.8 Å². The number of thioether (sulfide) groups is 1. The van der Waals surface area contributed by atoms with Gasteiger partial charge in [-0.25, -0.2) is 0 Å². The number of carbonyl (C=O) groups excluding carboxylic acids is 3. The number of aliphatic hydroxyl groups is 1. The quantitative estimate of drug-likeness (QED) is 0.246. The summed E-state index contributed by atoms with van der Waals surface area (Å²) in [5, 5.41) is 10.6. The van der Waals surface area contributed by atoms with Gasteiger partial charge in [0, 0.05) is 29.7 Å². The summed E-state index contributed by atoms with van der Waals surface area (Å²) in [7, 11) is 1.59. The molecule has 10 heteroatoms. The molecule has 258 valence electrons. The van der Waals surface area contributed by atoms with Gasteiger partial charge in [-0.05, 0) is 80.1 Å². The van der Waals surface area contributed by atoms with E-state index >= 15 is 4.79 Å². The van der Waals surface area contributed by atoms with Crippen LogP contribution in [0.15, 0.2) is 73.8 Å². The van der Waals surface area contributed by atoms with Gasteiger partial charge in [0.15, 0.2) is 0 Å². The summed E-state index contributed by atoms with van der Waals surface area (Å²) in [5.41, 5.74) is 1.35. The Hall–Kier alpha value is -3.76. The van der Waals surface area contributed by atoms with Crippen LogP contribution in [0.1, 0.15) is 40.5 Å². The number of rotatable bonds is 15. The third-order valence-corrected chi connectivity index (χ3v) is 12.1. The summed E-state index contributed by atoms with van der Waals surface area (Å²) < 4.78 is 10.1. The molecule has 0 saturated carbocycles. The van der Waals surface area contributed by atoms with Gasteiger partial charge in [0.2, 0.25) is 11.8 Å². The summed E-state index contributed by atoms with van der Waals surface area (Å²) in [5.74, 6) is -0.479. The molecule has 3 unspecified atom stereocenters. The molecule has 48 heavy (non-hydrogen) atoms. The largest absolute Gasteiger partial charge is 0.497 e. The van der Waals surface area contributed by atoms with E-state index in [9.17, 15) is 14.7 Å². The van der Waals surface area contributed by atoms with Crippen molar-refractivity contribution < 1.29 is 29.0 Å². The summed E-state index contributed by atoms with van der Waals surface area (Å²) >= 11 is 1.63. The molecule has 9 nitrogen and oxygen atoms in total. The summed E-state index contributed by atoms with van der Waals surface area (Å²) in [6.07, 6.45) is 4.59. The summed E-state index contributed by atoms with van der Waals surface area (Å²) in [6.45, 7) is 16.7. The number of aliphatic hydroxyl groups excluding tert-OH is 1. The number of ether oxygens (including phenoxy) is 2. The average Bonchev–Trinajstić information content (AvgIpc) is 3.68. The number of benzene rings is 2. The molecule has 3 amide bonds. The molecule has 3 aliphatic rings. The molecule has 3 saturated heterocycles. The number of carbonyl (C=O) groups is 3. The Labute approximate surface area is 288 Å². The van der Waals surface area contributed by atoms with Crippen LogP contribution in [0.25, 0.3) is 0 Å². The number of methoxy groups -OCH3 is 1. The Morgan fingerprint density at radius 2 is 1.58 bits per heavy atom. The van der Waals surface area contributed by atoms with Crippen LogP contribution in [0.3, 0.4) is 0 Å². The molecule has 2 aromatic carbocycles. The second kappa shape index (κ2) is 14.8. The van der Waals surface area contributed by atoms with Gasteiger partial charge in [-0.2, -0.15) is 0 Å². The lowest BCUT2D eigenvalue weighted by Gasteiger charge is -2.42. The van der Waals surface area contributed by atoms with Gasteiger partial charge in [0.25, 0.3) is 5.91 Å². The SMILES string of the molecule is C=CCN(C(=O)C1N([C@@H](CO)CC(C)C)C(=O)[C@@H]2[C@@H](C(=O)N(CC=C)c3ccc(OCC)cc3)[C@H]3CC(C)C12S3)c1ccc(OC)cc1. The van der Waals surface area contributed by atoms with Crippen LogP contribution < -0.4 is 19.3 Å². The minimum atomic E-state index is -0.880. The number of nitrogens with zero attached hydrogens (tertiary/aromatic N) is 3. The van der Waals surface area contributed by atoms with Crippen molar-refractivity contribution in [3.8, 4) is 11.5 Å². The van der Waals surface area contributed by atoms with Crippen molar-refractivity contribution >= 4 is 40.9 Å². The Bertz CT molecular complexity index is 1500. The Morgan fingerprint density at radius 1 is 1.02 bits per heavy atom. The van der Waals surface area contributed by atoms with Crippen LogP contribution in [0.5, 0.6) is 11.5 Å². The summed E-state index contributed by atoms with van der Waals surface area (Å²) in [4.78, 5) is 49.8. The highest BCUT2D eigenvalue weighted by Crippen LogP contribution is 2.69. The minimum Gasteiger partial charge on any atom is -0.497 e. The number of amides is 3. The van der Waals surface area contributed by atoms with Gasteiger partial charge in [0.05, 0.1) is 42.9 Å². The zero-order chi connectivity index (χ0) is 34.7. The standard InChI is InChI=1S/C38H49N3O6S/c1-8-19-39(26-13-17-30(18-14-26)47-10-3)35(43)32-31-22-25(6)38(48-31)33(32)36(44)41(28(23-42)21-24(4)5)34(38)37(45)40(20-9-2)27-11-15-29(46-7)16-12-27/h8-9,11-18,24-25,28,31-34,42H,1-2,10,19-23H2,3-7H3/t25?,28-,31-,32+,33+,34?,38?/m1/s1. The molecule has 3 heterocycles. The normalized spacial score (nSPS) is 26.3. The lowest BCUT2D eigenvalue weighted by Crippen LogP contribution is -2.59. The first-order valence-electron chi connectivity index (χ1n) is 16.9. The predicted molar refractivity (Wildman–Crippen MR) is 192 cm³/mol. The van der Waals surface area contributed by atoms with E-state index in [4.69, 9.17) is 9.47 Å². The number of hydrogen-bond acceptors (Lipinski definition) is 7. The molecule has 2 bridgehead atoms. The molecule has 1 N–H and O–H groups in total. The third kappa shape index (κ3) is 6.13. The number of fused-ring (bicyclic) bond motifs is 1. The first-order chi connectivity index (χ1) is 23.1. The van der Waals surface area contributed by atoms with Crippen molar-refractivity contribution in [1.29, 1.82) is 0 Å². The number of hydrogen-bond donors (Lipinski definition) is 1. The van der Waals surface area contributed by atoms with E-state index in [1.807, 2.05) is 57.2 Å². The third-order valence-electron chi connectivity index (χ3n) is 10.0. The van der Waals surface area contributed by atoms with E-state index in [1.165, 1.54) is 0 Å². The van der Waals surface area contributed by atoms with E-state index in [2.05, 4.69) is 20.1 Å². The lowest BCUT2D eigenvalue weighted by atomic mass is 9.65. The molecule has 5 rings (SSSR count). The van der Waals surface area contributed by atoms with Crippen LogP contribution in [0.2, 0.25) is 0 Å². The van der Waals surface area contributed by atoms with E-state index in [1.54, 1.807) is 57.9 Å². The van der Waals surface area contributed by atoms with Crippen molar-refractivity contribution in [2.75, 3.05) is 43.2 Å². The first kappa shape index (κ1) is 35.5. The highest BCUT2D eigenvalue weighted by atomic mass is 32.2. The maximum absolute atomic E-state index is 15.1. The molecule has 0 radical (unpaired) electrons. The smallest absolute Gasteiger partial charge is 0.251 e. The molecular formula is C38H49N3O6S. The zero-order valence-corrected chi connectivity index (χ0v) is 29.5. The van der Waals surface area contributed by atoms with Crippen LogP contribution in [0, 0.1) is 23.7 Å². The molecule has 2 aromatic rings. The van der Waals surface area contributed by atoms with Crippen LogP contribution in [0.4, 0.5) is 11.4 Å². The molecule has 0 aromatic heterocycles. The fourth-order valence-corrected chi connectivity index (χ4v) is 10.5. The van der Waals surface area contributed by atoms with Gasteiger partial charge in [-0.3, -0.25) is 14.4 Å². The van der Waals surface area contributed by atoms with Gasteiger partial charge < -0.3 is 29.3 Å². The van der Waals surface area contributed by atoms with Crippen LogP contribution in [-0.2, 0) is 14.4 Å². The Morgan fingerprint density at radius 3 is 2.08 bits per heavy atom. The van der Waals surface area contributed by atoms with Crippen molar-refractivity contribution in [2.24, 2.45) is 23.7 Å². The molecule has 0 aliphatic carbocycles. The lowest BCUT2D eigenvalue weighted by molar-refractivity contribution is -0.142. The highest BCUT2D eigenvalue weighted by molar-refractivity contribution is 8.02. The Balaban J connectivity index is 1.60. The molecular weight excluding hydrogens is 627 g/mol. The first-order valence-corrected chi connectivity index (χ1v) is 17.8. The fourth-order valence-electron chi connectivity index (χ4n) is 8.12. The minimum absolute atomic E-state index is 0.0254. The maximum Gasteiger partial charge on any atom is 0.251 e. The van der Waals surface area contributed by atoms with Gasteiger partial charge in [-0.1, -0.05) is 32.9 Å². The van der Waals surface area contributed by atoms with Gasteiger partial charge in [-0.15, -0.1) is 24.9 Å². The van der Waals surface area contributed by atoms with Gasteiger partial charge >= 0.3 is 0 Å². The molecule has 1 spiro atoms. The summed E-state index contributed by atoms with van der Waals surface area (Å²) in [6, 6.07) is 13.2. The van der Waals surface area contributed by atoms with E-state index in [0.717, 1.165) is 0 Å². The van der Waals surface area contributed by atoms with E-state index < -0.39 is 28.7 Å². The predicted octanol–water partition coefficient (Wildman–Crippen LogP) is 5.58. The number of likely N-dealkylation sites (tertiary alicyclic amines) is 1. The van der Waals surface area contributed by atoms with Crippen molar-refractivity contribution in [3.05, 3.63) is 73.8 Å². The van der Waals surface area contributed by atoms with Crippen LogP contribution in [-0.4, -0.2) is 83.2 Å². The fraction of sp³-hybridized carbons (Fsp3) is 0.500. The van der Waals surface area contributed by atoms with Crippen molar-refractivity contribution in [3.63, 3.8) is 0 Å². The monoisotopic (exact) mass is 675 g/mol. The van der Waals surface area contributed by atoms with Gasteiger partial charge in [0.1, 0.15) is 17.5 Å². The Kier molecular flexibility index (Phi) is 10.9. The molecule has 3 aliphatic heterocycles. The molecule has 7 atom stereocenters. The molecule has 3 fully saturated rings.